The molecule has 1 aromatic carbocycles. The molecule has 2 amide bonds. The number of anilines is 1. The fourth-order valence-corrected chi connectivity index (χ4v) is 2.60. The van der Waals surface area contributed by atoms with E-state index in [1.165, 1.54) is 5.69 Å². The highest BCUT2D eigenvalue weighted by Gasteiger charge is 2.27. The Kier molecular flexibility index (Phi) is 4.76. The summed E-state index contributed by atoms with van der Waals surface area (Å²) in [6.07, 6.45) is 0. The molecule has 21 heavy (non-hydrogen) atoms. The van der Waals surface area contributed by atoms with Crippen molar-refractivity contribution in [1.29, 1.82) is 0 Å². The molecule has 116 valence electrons. The molecule has 1 unspecified atom stereocenters. The maximum Gasteiger partial charge on any atom is 0.317 e. The van der Waals surface area contributed by atoms with E-state index in [2.05, 4.69) is 62.2 Å². The van der Waals surface area contributed by atoms with Gasteiger partial charge in [0.15, 0.2) is 0 Å². The highest BCUT2D eigenvalue weighted by Crippen LogP contribution is 2.20. The summed E-state index contributed by atoms with van der Waals surface area (Å²) in [5.41, 5.74) is 1.35. The number of hydrogen-bond acceptors (Lipinski definition) is 2. The average Bonchev–Trinajstić information content (AvgIpc) is 2.45. The second kappa shape index (κ2) is 6.37. The zero-order chi connectivity index (χ0) is 15.5. The van der Waals surface area contributed by atoms with Gasteiger partial charge in [-0.15, -0.1) is 0 Å². The summed E-state index contributed by atoms with van der Waals surface area (Å²) in [5, 5.41) is 3.04. The quantitative estimate of drug-likeness (QED) is 0.908. The molecule has 4 nitrogen and oxygen atoms in total. The van der Waals surface area contributed by atoms with Crippen molar-refractivity contribution in [2.75, 3.05) is 31.1 Å². The molecule has 0 spiro atoms. The molecule has 2 rings (SSSR count). The van der Waals surface area contributed by atoms with Crippen LogP contribution in [0.5, 0.6) is 0 Å². The van der Waals surface area contributed by atoms with E-state index in [1.807, 2.05) is 11.0 Å². The second-order valence-corrected chi connectivity index (χ2v) is 7.04. The van der Waals surface area contributed by atoms with Crippen LogP contribution in [0, 0.1) is 5.41 Å². The van der Waals surface area contributed by atoms with E-state index in [9.17, 15) is 4.79 Å². The Morgan fingerprint density at radius 2 is 1.90 bits per heavy atom. The van der Waals surface area contributed by atoms with Crippen molar-refractivity contribution >= 4 is 11.7 Å². The SMILES string of the molecule is CC1CN(C(=O)NCC(C)(C)C)CCN1c1ccccc1. The molecule has 1 aliphatic rings. The maximum atomic E-state index is 12.2. The van der Waals surface area contributed by atoms with Crippen LogP contribution < -0.4 is 10.2 Å². The fraction of sp³-hybridized carbons (Fsp3) is 0.588. The molecular weight excluding hydrogens is 262 g/mol. The van der Waals surface area contributed by atoms with E-state index in [0.29, 0.717) is 12.6 Å². The summed E-state index contributed by atoms with van der Waals surface area (Å²) in [6, 6.07) is 10.8. The Balaban J connectivity index is 1.90. The van der Waals surface area contributed by atoms with Crippen molar-refractivity contribution < 1.29 is 4.79 Å². The van der Waals surface area contributed by atoms with Gasteiger partial charge in [-0.1, -0.05) is 39.0 Å². The van der Waals surface area contributed by atoms with Gasteiger partial charge in [0.2, 0.25) is 0 Å². The van der Waals surface area contributed by atoms with Crippen LogP contribution >= 0.6 is 0 Å². The Hall–Kier alpha value is -1.71. The lowest BCUT2D eigenvalue weighted by molar-refractivity contribution is 0.182. The number of benzene rings is 1. The minimum atomic E-state index is 0.0597. The Labute approximate surface area is 128 Å². The summed E-state index contributed by atoms with van der Waals surface area (Å²) < 4.78 is 0. The molecule has 1 fully saturated rings. The van der Waals surface area contributed by atoms with Crippen LogP contribution in [0.25, 0.3) is 0 Å². The second-order valence-electron chi connectivity index (χ2n) is 7.04. The largest absolute Gasteiger partial charge is 0.365 e. The molecule has 1 aliphatic heterocycles. The van der Waals surface area contributed by atoms with Crippen molar-refractivity contribution in [1.82, 2.24) is 10.2 Å². The van der Waals surface area contributed by atoms with E-state index in [1.54, 1.807) is 0 Å². The third kappa shape index (κ3) is 4.38. The first-order valence-electron chi connectivity index (χ1n) is 7.71. The number of carbonyl (C=O) groups is 1. The summed E-state index contributed by atoms with van der Waals surface area (Å²) in [4.78, 5) is 16.5. The monoisotopic (exact) mass is 289 g/mol. The lowest BCUT2D eigenvalue weighted by Crippen LogP contribution is -2.56. The molecule has 0 saturated carbocycles. The zero-order valence-corrected chi connectivity index (χ0v) is 13.6. The molecule has 1 heterocycles. The number of carbonyl (C=O) groups excluding carboxylic acids is 1. The van der Waals surface area contributed by atoms with E-state index in [0.717, 1.165) is 19.6 Å². The molecule has 1 atom stereocenters. The molecule has 0 bridgehead atoms. The van der Waals surface area contributed by atoms with E-state index < -0.39 is 0 Å². The van der Waals surface area contributed by atoms with Crippen LogP contribution in [-0.4, -0.2) is 43.2 Å². The first kappa shape index (κ1) is 15.7. The number of urea groups is 1. The number of nitrogens with one attached hydrogen (secondary N) is 1. The Bertz CT molecular complexity index is 467. The van der Waals surface area contributed by atoms with Gasteiger partial charge in [0.1, 0.15) is 0 Å². The van der Waals surface area contributed by atoms with Crippen molar-refractivity contribution in [3.8, 4) is 0 Å². The van der Waals surface area contributed by atoms with Gasteiger partial charge < -0.3 is 15.1 Å². The summed E-state index contributed by atoms with van der Waals surface area (Å²) in [5.74, 6) is 0. The number of piperazine rings is 1. The molecule has 0 aliphatic carbocycles. The zero-order valence-electron chi connectivity index (χ0n) is 13.6. The van der Waals surface area contributed by atoms with Gasteiger partial charge in [-0.3, -0.25) is 0 Å². The van der Waals surface area contributed by atoms with Gasteiger partial charge in [0.05, 0.1) is 0 Å². The minimum absolute atomic E-state index is 0.0597. The van der Waals surface area contributed by atoms with Crippen LogP contribution in [0.4, 0.5) is 10.5 Å². The molecular formula is C17H27N3O. The van der Waals surface area contributed by atoms with Crippen molar-refractivity contribution in [2.45, 2.75) is 33.7 Å². The third-order valence-corrected chi connectivity index (χ3v) is 3.77. The fourth-order valence-electron chi connectivity index (χ4n) is 2.60. The predicted molar refractivity (Wildman–Crippen MR) is 87.7 cm³/mol. The third-order valence-electron chi connectivity index (χ3n) is 3.77. The molecule has 0 radical (unpaired) electrons. The lowest BCUT2D eigenvalue weighted by atomic mass is 9.97. The van der Waals surface area contributed by atoms with Gasteiger partial charge >= 0.3 is 6.03 Å². The van der Waals surface area contributed by atoms with Gasteiger partial charge in [-0.25, -0.2) is 4.79 Å². The smallest absolute Gasteiger partial charge is 0.317 e. The van der Waals surface area contributed by atoms with Crippen molar-refractivity contribution in [3.05, 3.63) is 30.3 Å². The van der Waals surface area contributed by atoms with Crippen molar-refractivity contribution in [2.24, 2.45) is 5.41 Å². The number of hydrogen-bond donors (Lipinski definition) is 1. The highest BCUT2D eigenvalue weighted by molar-refractivity contribution is 5.74. The predicted octanol–water partition coefficient (Wildman–Crippen LogP) is 2.95. The lowest BCUT2D eigenvalue weighted by Gasteiger charge is -2.41. The minimum Gasteiger partial charge on any atom is -0.365 e. The number of rotatable bonds is 2. The van der Waals surface area contributed by atoms with E-state index >= 15 is 0 Å². The number of nitrogens with zero attached hydrogens (tertiary/aromatic N) is 2. The summed E-state index contributed by atoms with van der Waals surface area (Å²) in [6.45, 7) is 11.7. The van der Waals surface area contributed by atoms with Crippen LogP contribution in [0.15, 0.2) is 30.3 Å². The van der Waals surface area contributed by atoms with Crippen LogP contribution in [0.1, 0.15) is 27.7 Å². The summed E-state index contributed by atoms with van der Waals surface area (Å²) in [7, 11) is 0. The van der Waals surface area contributed by atoms with Crippen molar-refractivity contribution in [3.63, 3.8) is 0 Å². The number of amides is 2. The van der Waals surface area contributed by atoms with Gasteiger partial charge in [-0.2, -0.15) is 0 Å². The van der Waals surface area contributed by atoms with E-state index in [-0.39, 0.29) is 11.4 Å². The highest BCUT2D eigenvalue weighted by atomic mass is 16.2. The van der Waals surface area contributed by atoms with Crippen LogP contribution in [0.3, 0.4) is 0 Å². The molecule has 0 aromatic heterocycles. The van der Waals surface area contributed by atoms with E-state index in [4.69, 9.17) is 0 Å². The first-order chi connectivity index (χ1) is 9.87. The van der Waals surface area contributed by atoms with Gasteiger partial charge in [0.25, 0.3) is 0 Å². The van der Waals surface area contributed by atoms with Crippen LogP contribution in [0.2, 0.25) is 0 Å². The molecule has 4 heteroatoms. The number of para-hydroxylation sites is 1. The standard InChI is InChI=1S/C17H27N3O/c1-14-12-19(16(21)18-13-17(2,3)4)10-11-20(14)15-8-6-5-7-9-15/h5-9,14H,10-13H2,1-4H3,(H,18,21). The molecule has 1 aromatic rings. The maximum absolute atomic E-state index is 12.2. The van der Waals surface area contributed by atoms with Gasteiger partial charge in [-0.05, 0) is 24.5 Å². The summed E-state index contributed by atoms with van der Waals surface area (Å²) >= 11 is 0. The normalized spacial score (nSPS) is 19.5. The van der Waals surface area contributed by atoms with Gasteiger partial charge in [0, 0.05) is 37.9 Å². The Morgan fingerprint density at radius 3 is 2.48 bits per heavy atom. The average molecular weight is 289 g/mol. The Morgan fingerprint density at radius 1 is 1.24 bits per heavy atom. The molecule has 1 N–H and O–H groups in total. The first-order valence-corrected chi connectivity index (χ1v) is 7.71. The topological polar surface area (TPSA) is 35.6 Å². The molecule has 1 saturated heterocycles. The van der Waals surface area contributed by atoms with Crippen LogP contribution in [-0.2, 0) is 0 Å².